The summed E-state index contributed by atoms with van der Waals surface area (Å²) in [6, 6.07) is 14.4. The van der Waals surface area contributed by atoms with E-state index in [1.165, 1.54) is 34.9 Å². The molecule has 2 aromatic carbocycles. The number of ether oxygens (including phenoxy) is 1. The quantitative estimate of drug-likeness (QED) is 0.313. The molecule has 2 heterocycles. The number of thiophene rings is 1. The summed E-state index contributed by atoms with van der Waals surface area (Å²) in [7, 11) is -2.56. The van der Waals surface area contributed by atoms with Crippen LogP contribution in [-0.4, -0.2) is 48.6 Å². The molecule has 0 saturated carbocycles. The number of benzene rings is 2. The number of carbonyl (C=O) groups excluding carboxylic acids is 1. The molecule has 3 N–H and O–H groups in total. The monoisotopic (exact) mass is 516 g/mol. The fourth-order valence-corrected chi connectivity index (χ4v) is 7.22. The number of nitrogens with one attached hydrogen (secondary N) is 1. The van der Waals surface area contributed by atoms with E-state index in [0.717, 1.165) is 21.6 Å². The maximum atomic E-state index is 13.7. The van der Waals surface area contributed by atoms with Gasteiger partial charge in [-0.25, -0.2) is 13.9 Å². The summed E-state index contributed by atoms with van der Waals surface area (Å²) in [5.41, 5.74) is 4.40. The molecule has 1 aliphatic heterocycles. The van der Waals surface area contributed by atoms with Crippen molar-refractivity contribution in [3.63, 3.8) is 0 Å². The van der Waals surface area contributed by atoms with E-state index in [4.69, 9.17) is 4.74 Å². The predicted octanol–water partition coefficient (Wildman–Crippen LogP) is 3.09. The number of aryl methyl sites for hydroxylation is 1. The number of hydrogen-bond acceptors (Lipinski definition) is 7. The van der Waals surface area contributed by atoms with Gasteiger partial charge in [0.2, 0.25) is 10.0 Å². The smallest absolute Gasteiger partial charge is 0.262 e. The second-order valence-electron chi connectivity index (χ2n) is 8.38. The van der Waals surface area contributed by atoms with Crippen molar-refractivity contribution in [1.82, 2.24) is 9.79 Å². The van der Waals surface area contributed by atoms with Gasteiger partial charge in [-0.2, -0.15) is 4.31 Å². The number of hydrogen-bond donors (Lipinski definition) is 3. The molecule has 4 rings (SSSR count). The zero-order valence-corrected chi connectivity index (χ0v) is 20.9. The van der Waals surface area contributed by atoms with Gasteiger partial charge in [0, 0.05) is 17.3 Å². The van der Waals surface area contributed by atoms with Crippen LogP contribution in [0.2, 0.25) is 0 Å². The Morgan fingerprint density at radius 2 is 1.91 bits per heavy atom. The molecule has 0 unspecified atom stereocenters. The van der Waals surface area contributed by atoms with Gasteiger partial charge in [0.15, 0.2) is 0 Å². The van der Waals surface area contributed by atoms with E-state index >= 15 is 0 Å². The maximum Gasteiger partial charge on any atom is 0.262 e. The van der Waals surface area contributed by atoms with Gasteiger partial charge in [-0.1, -0.05) is 24.3 Å². The second kappa shape index (κ2) is 10.9. The van der Waals surface area contributed by atoms with Crippen LogP contribution < -0.4 is 10.2 Å². The highest BCUT2D eigenvalue weighted by Gasteiger charge is 2.44. The van der Waals surface area contributed by atoms with Crippen molar-refractivity contribution in [3.8, 4) is 5.75 Å². The number of aliphatic hydroxyl groups is 1. The highest BCUT2D eigenvalue weighted by molar-refractivity contribution is 7.89. The third-order valence-corrected chi connectivity index (χ3v) is 9.28. The largest absolute Gasteiger partial charge is 0.497 e. The van der Waals surface area contributed by atoms with Crippen molar-refractivity contribution in [2.75, 3.05) is 13.7 Å². The Balaban J connectivity index is 1.73. The predicted molar refractivity (Wildman–Crippen MR) is 132 cm³/mol. The number of methoxy groups -OCH3 is 1. The average Bonchev–Trinajstić information content (AvgIpc) is 3.29. The first-order chi connectivity index (χ1) is 16.9. The zero-order chi connectivity index (χ0) is 25.0. The van der Waals surface area contributed by atoms with Crippen LogP contribution in [0.3, 0.4) is 0 Å². The van der Waals surface area contributed by atoms with E-state index in [1.807, 2.05) is 35.7 Å². The van der Waals surface area contributed by atoms with Crippen LogP contribution in [0.1, 0.15) is 33.9 Å². The van der Waals surface area contributed by atoms with Crippen LogP contribution in [0.5, 0.6) is 5.75 Å². The molecule has 35 heavy (non-hydrogen) atoms. The third kappa shape index (κ3) is 5.26. The lowest BCUT2D eigenvalue weighted by atomic mass is 9.86. The van der Waals surface area contributed by atoms with Crippen LogP contribution in [0, 0.1) is 0 Å². The maximum absolute atomic E-state index is 13.7. The zero-order valence-electron chi connectivity index (χ0n) is 19.3. The van der Waals surface area contributed by atoms with Gasteiger partial charge < -0.3 is 9.84 Å². The lowest BCUT2D eigenvalue weighted by molar-refractivity contribution is -0.134. The summed E-state index contributed by atoms with van der Waals surface area (Å²) in [6.07, 6.45) is 1.51. The SMILES string of the molecule is COc1ccc(S(=O)(=O)N2CCc3sccc3[C@@H](CCc3cccc(CO)c3)[C@@H]2C(=O)NO)cc1. The van der Waals surface area contributed by atoms with Gasteiger partial charge in [0.25, 0.3) is 5.91 Å². The normalized spacial score (nSPS) is 18.5. The van der Waals surface area contributed by atoms with Gasteiger partial charge in [-0.15, -0.1) is 11.3 Å². The first-order valence-electron chi connectivity index (χ1n) is 11.2. The Kier molecular flexibility index (Phi) is 7.88. The van der Waals surface area contributed by atoms with E-state index < -0.39 is 27.9 Å². The minimum Gasteiger partial charge on any atom is -0.497 e. The number of amides is 1. The number of sulfonamides is 1. The number of carbonyl (C=O) groups is 1. The molecule has 0 spiro atoms. The van der Waals surface area contributed by atoms with E-state index in [1.54, 1.807) is 17.6 Å². The van der Waals surface area contributed by atoms with Gasteiger partial charge in [-0.05, 0) is 71.7 Å². The standard InChI is InChI=1S/C25H28N2O6S2/c1-33-19-6-8-20(9-7-19)35(31,32)27-13-11-23-21(12-14-34-23)22(24(27)25(29)26-30)10-5-17-3-2-4-18(15-17)16-28/h2-4,6-9,12,14-15,22,24,28,30H,5,10-11,13,16H2,1H3,(H,26,29)/t22-,24-/m1/s1. The van der Waals surface area contributed by atoms with Crippen LogP contribution >= 0.6 is 11.3 Å². The van der Waals surface area contributed by atoms with Gasteiger partial charge in [-0.3, -0.25) is 10.0 Å². The molecule has 2 atom stereocenters. The van der Waals surface area contributed by atoms with Crippen molar-refractivity contribution in [2.45, 2.75) is 42.7 Å². The minimum absolute atomic E-state index is 0.0497. The molecule has 0 saturated heterocycles. The van der Waals surface area contributed by atoms with Crippen LogP contribution in [0.4, 0.5) is 0 Å². The van der Waals surface area contributed by atoms with Crippen LogP contribution in [0.15, 0.2) is 64.9 Å². The first-order valence-corrected chi connectivity index (χ1v) is 13.6. The van der Waals surface area contributed by atoms with E-state index in [-0.39, 0.29) is 18.0 Å². The van der Waals surface area contributed by atoms with Crippen molar-refractivity contribution in [1.29, 1.82) is 0 Å². The topological polar surface area (TPSA) is 116 Å². The van der Waals surface area contributed by atoms with Gasteiger partial charge in [0.1, 0.15) is 11.8 Å². The molecule has 1 aliphatic rings. The Bertz CT molecular complexity index is 1270. The summed E-state index contributed by atoms with van der Waals surface area (Å²) < 4.78 is 33.8. The number of nitrogens with zero attached hydrogens (tertiary/aromatic N) is 1. The van der Waals surface area contributed by atoms with Gasteiger partial charge in [0.05, 0.1) is 18.6 Å². The fraction of sp³-hybridized carbons (Fsp3) is 0.320. The molecule has 0 radical (unpaired) electrons. The van der Waals surface area contributed by atoms with Crippen LogP contribution in [0.25, 0.3) is 0 Å². The Labute approximate surface area is 208 Å². The van der Waals surface area contributed by atoms with E-state index in [2.05, 4.69) is 0 Å². The molecule has 3 aromatic rings. The Morgan fingerprint density at radius 1 is 1.17 bits per heavy atom. The number of fused-ring (bicyclic) bond motifs is 1. The molecule has 0 bridgehead atoms. The molecule has 10 heteroatoms. The van der Waals surface area contributed by atoms with Crippen molar-refractivity contribution in [2.24, 2.45) is 0 Å². The molecule has 0 aliphatic carbocycles. The van der Waals surface area contributed by atoms with E-state index in [0.29, 0.717) is 25.0 Å². The summed E-state index contributed by atoms with van der Waals surface area (Å²) in [5, 5.41) is 21.0. The van der Waals surface area contributed by atoms with Crippen LogP contribution in [-0.2, 0) is 34.3 Å². The fourth-order valence-electron chi connectivity index (χ4n) is 4.66. The summed E-state index contributed by atoms with van der Waals surface area (Å²) in [4.78, 5) is 14.1. The average molecular weight is 517 g/mol. The third-order valence-electron chi connectivity index (χ3n) is 6.39. The summed E-state index contributed by atoms with van der Waals surface area (Å²) in [6.45, 7) is 0.0336. The molecule has 186 valence electrons. The summed E-state index contributed by atoms with van der Waals surface area (Å²) in [5.74, 6) is -0.721. The Morgan fingerprint density at radius 3 is 2.60 bits per heavy atom. The minimum atomic E-state index is -4.06. The summed E-state index contributed by atoms with van der Waals surface area (Å²) >= 11 is 1.54. The number of hydroxylamine groups is 1. The van der Waals surface area contributed by atoms with Crippen molar-refractivity contribution < 1.29 is 28.3 Å². The number of rotatable bonds is 8. The second-order valence-corrected chi connectivity index (χ2v) is 11.3. The van der Waals surface area contributed by atoms with Gasteiger partial charge >= 0.3 is 0 Å². The lowest BCUT2D eigenvalue weighted by Crippen LogP contribution is -2.51. The molecular weight excluding hydrogens is 488 g/mol. The first kappa shape index (κ1) is 25.3. The highest BCUT2D eigenvalue weighted by Crippen LogP contribution is 2.39. The highest BCUT2D eigenvalue weighted by atomic mass is 32.2. The lowest BCUT2D eigenvalue weighted by Gasteiger charge is -2.33. The van der Waals surface area contributed by atoms with E-state index in [9.17, 15) is 23.5 Å². The molecule has 1 amide bonds. The van der Waals surface area contributed by atoms with Crippen molar-refractivity contribution >= 4 is 27.3 Å². The molecule has 8 nitrogen and oxygen atoms in total. The molecule has 0 fully saturated rings. The molecular formula is C25H28N2O6S2. The van der Waals surface area contributed by atoms with Crippen molar-refractivity contribution in [3.05, 3.63) is 81.5 Å². The Hall–Kier alpha value is -2.76. The molecule has 1 aromatic heterocycles. The number of aliphatic hydroxyl groups excluding tert-OH is 1.